The average Bonchev–Trinajstić information content (AvgIpc) is 2.45. The molecule has 0 bridgehead atoms. The van der Waals surface area contributed by atoms with Gasteiger partial charge in [0.05, 0.1) is 24.2 Å². The second-order valence-electron chi connectivity index (χ2n) is 6.19. The lowest BCUT2D eigenvalue weighted by molar-refractivity contribution is -0.151. The van der Waals surface area contributed by atoms with Crippen LogP contribution >= 0.6 is 0 Å². The summed E-state index contributed by atoms with van der Waals surface area (Å²) in [4.78, 5) is 25.4. The van der Waals surface area contributed by atoms with E-state index in [1.165, 1.54) is 0 Å². The molecule has 1 saturated heterocycles. The molecule has 21 heavy (non-hydrogen) atoms. The molecule has 0 aromatic heterocycles. The van der Waals surface area contributed by atoms with Gasteiger partial charge in [-0.15, -0.1) is 0 Å². The highest BCUT2D eigenvalue weighted by Crippen LogP contribution is 2.34. The number of ether oxygens (including phenoxy) is 1. The Morgan fingerprint density at radius 3 is 2.76 bits per heavy atom. The molecule has 2 fully saturated rings. The van der Waals surface area contributed by atoms with Gasteiger partial charge < -0.3 is 15.2 Å². The summed E-state index contributed by atoms with van der Waals surface area (Å²) in [6, 6.07) is -0.203. The zero-order valence-corrected chi connectivity index (χ0v) is 12.9. The normalized spacial score (nSPS) is 34.3. The number of hydrogen-bond acceptors (Lipinski definition) is 5. The number of aliphatic hydroxyl groups is 1. The molecule has 6 nitrogen and oxygen atoms in total. The van der Waals surface area contributed by atoms with Crippen LogP contribution in [-0.2, 0) is 14.3 Å². The zero-order valence-electron chi connectivity index (χ0n) is 12.9. The molecule has 6 heteroatoms. The van der Waals surface area contributed by atoms with Crippen LogP contribution in [-0.4, -0.2) is 59.8 Å². The van der Waals surface area contributed by atoms with E-state index in [-0.39, 0.29) is 23.8 Å². The maximum absolute atomic E-state index is 11.7. The van der Waals surface area contributed by atoms with Crippen LogP contribution in [0.3, 0.4) is 0 Å². The summed E-state index contributed by atoms with van der Waals surface area (Å²) in [5.74, 6) is -0.220. The van der Waals surface area contributed by atoms with E-state index in [0.29, 0.717) is 45.4 Å². The molecule has 120 valence electrons. The fraction of sp³-hybridized carbons (Fsp3) is 0.867. The second kappa shape index (κ2) is 6.75. The van der Waals surface area contributed by atoms with E-state index in [9.17, 15) is 14.7 Å². The Labute approximate surface area is 125 Å². The minimum absolute atomic E-state index is 0.0186. The van der Waals surface area contributed by atoms with Gasteiger partial charge in [0, 0.05) is 19.6 Å². The Bertz CT molecular complexity index is 391. The van der Waals surface area contributed by atoms with Crippen molar-refractivity contribution in [1.29, 1.82) is 0 Å². The van der Waals surface area contributed by atoms with E-state index in [2.05, 4.69) is 5.32 Å². The van der Waals surface area contributed by atoms with E-state index in [1.54, 1.807) is 6.92 Å². The van der Waals surface area contributed by atoms with E-state index >= 15 is 0 Å². The smallest absolute Gasteiger partial charge is 0.308 e. The minimum atomic E-state index is -0.797. The third kappa shape index (κ3) is 3.95. The molecule has 1 aliphatic carbocycles. The van der Waals surface area contributed by atoms with E-state index < -0.39 is 5.60 Å². The van der Waals surface area contributed by atoms with Gasteiger partial charge in [-0.3, -0.25) is 14.5 Å². The largest absolute Gasteiger partial charge is 0.466 e. The van der Waals surface area contributed by atoms with Crippen LogP contribution in [0.4, 0.5) is 0 Å². The lowest BCUT2D eigenvalue weighted by Crippen LogP contribution is -2.58. The van der Waals surface area contributed by atoms with Crippen molar-refractivity contribution in [3.63, 3.8) is 0 Å². The molecule has 0 spiro atoms. The van der Waals surface area contributed by atoms with Crippen LogP contribution in [0.5, 0.6) is 0 Å². The first-order valence-corrected chi connectivity index (χ1v) is 7.86. The maximum atomic E-state index is 11.7. The molecule has 0 aromatic carbocycles. The number of piperazine rings is 1. The summed E-state index contributed by atoms with van der Waals surface area (Å²) < 4.78 is 5.05. The van der Waals surface area contributed by atoms with E-state index in [0.717, 1.165) is 6.54 Å². The summed E-state index contributed by atoms with van der Waals surface area (Å²) in [6.07, 6.45) is 2.48. The van der Waals surface area contributed by atoms with Gasteiger partial charge in [-0.2, -0.15) is 0 Å². The van der Waals surface area contributed by atoms with Crippen molar-refractivity contribution < 1.29 is 19.4 Å². The van der Waals surface area contributed by atoms with Gasteiger partial charge in [0.1, 0.15) is 0 Å². The quantitative estimate of drug-likeness (QED) is 0.729. The third-order valence-electron chi connectivity index (χ3n) is 4.66. The van der Waals surface area contributed by atoms with Crippen LogP contribution < -0.4 is 5.32 Å². The van der Waals surface area contributed by atoms with Gasteiger partial charge in [0.15, 0.2) is 0 Å². The number of nitrogens with one attached hydrogen (secondary N) is 1. The number of rotatable bonds is 4. The number of β-amino-alcohol motifs (C(OH)–C–C–N with tert-alkyl or cyclic N) is 1. The van der Waals surface area contributed by atoms with Crippen LogP contribution in [0, 0.1) is 5.92 Å². The van der Waals surface area contributed by atoms with Crippen molar-refractivity contribution in [3.8, 4) is 0 Å². The Morgan fingerprint density at radius 1 is 1.48 bits per heavy atom. The maximum Gasteiger partial charge on any atom is 0.308 e. The van der Waals surface area contributed by atoms with Gasteiger partial charge in [0.25, 0.3) is 0 Å². The van der Waals surface area contributed by atoms with Gasteiger partial charge in [-0.1, -0.05) is 0 Å². The van der Waals surface area contributed by atoms with E-state index in [4.69, 9.17) is 4.74 Å². The van der Waals surface area contributed by atoms with Crippen molar-refractivity contribution in [2.75, 3.05) is 26.2 Å². The number of nitrogens with zero attached hydrogens (tertiary/aromatic N) is 1. The highest BCUT2D eigenvalue weighted by Gasteiger charge is 2.39. The van der Waals surface area contributed by atoms with Crippen molar-refractivity contribution >= 4 is 11.9 Å². The molecule has 2 aliphatic rings. The average molecular weight is 298 g/mol. The molecule has 1 amide bonds. The molecule has 2 rings (SSSR count). The molecule has 1 atom stereocenters. The fourth-order valence-corrected chi connectivity index (χ4v) is 3.23. The number of amides is 1. The number of hydrogen-bond donors (Lipinski definition) is 2. The van der Waals surface area contributed by atoms with Gasteiger partial charge in [-0.25, -0.2) is 0 Å². The first kappa shape index (κ1) is 16.2. The van der Waals surface area contributed by atoms with Gasteiger partial charge in [0.2, 0.25) is 5.91 Å². The molecule has 0 aromatic rings. The predicted octanol–water partition coefficient (Wildman–Crippen LogP) is 0.291. The lowest BCUT2D eigenvalue weighted by atomic mass is 9.78. The Morgan fingerprint density at radius 2 is 2.14 bits per heavy atom. The summed E-state index contributed by atoms with van der Waals surface area (Å²) in [7, 11) is 0. The predicted molar refractivity (Wildman–Crippen MR) is 77.6 cm³/mol. The van der Waals surface area contributed by atoms with Crippen LogP contribution in [0.25, 0.3) is 0 Å². The molecule has 1 aliphatic heterocycles. The van der Waals surface area contributed by atoms with Crippen molar-refractivity contribution in [3.05, 3.63) is 0 Å². The number of esters is 1. The summed E-state index contributed by atoms with van der Waals surface area (Å²) >= 11 is 0. The molecule has 0 radical (unpaired) electrons. The molecular weight excluding hydrogens is 272 g/mol. The van der Waals surface area contributed by atoms with Crippen LogP contribution in [0.15, 0.2) is 0 Å². The Balaban J connectivity index is 1.87. The molecule has 1 saturated carbocycles. The summed E-state index contributed by atoms with van der Waals surface area (Å²) in [5, 5.41) is 13.6. The monoisotopic (exact) mass is 298 g/mol. The van der Waals surface area contributed by atoms with E-state index in [1.807, 2.05) is 11.8 Å². The Hall–Kier alpha value is -1.14. The first-order chi connectivity index (χ1) is 9.95. The minimum Gasteiger partial charge on any atom is -0.466 e. The molecular formula is C15H26N2O4. The van der Waals surface area contributed by atoms with Gasteiger partial charge >= 0.3 is 5.97 Å². The van der Waals surface area contributed by atoms with Crippen LogP contribution in [0.1, 0.15) is 39.5 Å². The fourth-order valence-electron chi connectivity index (χ4n) is 3.23. The van der Waals surface area contributed by atoms with Crippen LogP contribution in [0.2, 0.25) is 0 Å². The highest BCUT2D eigenvalue weighted by atomic mass is 16.5. The lowest BCUT2D eigenvalue weighted by Gasteiger charge is -2.42. The highest BCUT2D eigenvalue weighted by molar-refractivity contribution is 5.82. The van der Waals surface area contributed by atoms with Crippen molar-refractivity contribution in [2.45, 2.75) is 51.2 Å². The third-order valence-corrected chi connectivity index (χ3v) is 4.66. The molecule has 1 unspecified atom stereocenters. The van der Waals surface area contributed by atoms with Crippen molar-refractivity contribution in [1.82, 2.24) is 10.2 Å². The zero-order chi connectivity index (χ0) is 15.5. The topological polar surface area (TPSA) is 78.9 Å². The second-order valence-corrected chi connectivity index (χ2v) is 6.19. The number of carbonyl (C=O) groups is 2. The Kier molecular flexibility index (Phi) is 5.22. The van der Waals surface area contributed by atoms with Gasteiger partial charge in [-0.05, 0) is 39.5 Å². The summed E-state index contributed by atoms with van der Waals surface area (Å²) in [6.45, 7) is 5.96. The first-order valence-electron chi connectivity index (χ1n) is 7.86. The standard InChI is InChI=1S/C15H26N2O4/c1-3-21-14(19)12-4-6-15(20,7-5-12)10-17-9-8-16-13(18)11(17)2/h11-12,20H,3-10H2,1-2H3,(H,16,18). The molecule has 2 N–H and O–H groups in total. The molecule has 1 heterocycles. The number of carbonyl (C=O) groups excluding carboxylic acids is 2. The summed E-state index contributed by atoms with van der Waals surface area (Å²) in [5.41, 5.74) is -0.797. The van der Waals surface area contributed by atoms with Crippen molar-refractivity contribution in [2.24, 2.45) is 5.92 Å². The SMILES string of the molecule is CCOC(=O)C1CCC(O)(CN2CCNC(=O)C2C)CC1.